The number of hydrogen-bond donors (Lipinski definition) is 1. The molecule has 0 bridgehead atoms. The van der Waals surface area contributed by atoms with Crippen molar-refractivity contribution in [3.05, 3.63) is 59.4 Å². The highest BCUT2D eigenvalue weighted by Crippen LogP contribution is 2.23. The molecule has 150 valence electrons. The third-order valence-corrected chi connectivity index (χ3v) is 5.09. The Morgan fingerprint density at radius 1 is 1.24 bits per heavy atom. The van der Waals surface area contributed by atoms with Gasteiger partial charge in [0.05, 0.1) is 0 Å². The van der Waals surface area contributed by atoms with Gasteiger partial charge >= 0.3 is 0 Å². The summed E-state index contributed by atoms with van der Waals surface area (Å²) in [5.41, 5.74) is 3.83. The van der Waals surface area contributed by atoms with Gasteiger partial charge in [0.1, 0.15) is 17.8 Å². The van der Waals surface area contributed by atoms with Gasteiger partial charge in [0, 0.05) is 35.8 Å². The summed E-state index contributed by atoms with van der Waals surface area (Å²) in [6, 6.07) is 6.37. The number of benzene rings is 1. The minimum absolute atomic E-state index is 0.155. The van der Waals surface area contributed by atoms with Gasteiger partial charge in [-0.2, -0.15) is 9.61 Å². The molecule has 4 aromatic rings. The summed E-state index contributed by atoms with van der Waals surface area (Å²) in [7, 11) is 1.93. The molecule has 29 heavy (non-hydrogen) atoms. The Labute approximate surface area is 167 Å². The maximum Gasteiger partial charge on any atom is 0.271 e. The van der Waals surface area contributed by atoms with Crippen LogP contribution in [-0.2, 0) is 13.5 Å². The van der Waals surface area contributed by atoms with Gasteiger partial charge < -0.3 is 9.88 Å². The average Bonchev–Trinajstić information content (AvgIpc) is 3.25. The van der Waals surface area contributed by atoms with Gasteiger partial charge in [0.2, 0.25) is 0 Å². The number of nitrogens with one attached hydrogen (secondary N) is 1. The van der Waals surface area contributed by atoms with Crippen molar-refractivity contribution >= 4 is 22.5 Å². The molecule has 1 N–H and O–H groups in total. The van der Waals surface area contributed by atoms with Crippen LogP contribution in [0.25, 0.3) is 16.6 Å². The molecule has 0 saturated heterocycles. The van der Waals surface area contributed by atoms with Crippen molar-refractivity contribution in [2.45, 2.75) is 39.2 Å². The van der Waals surface area contributed by atoms with Crippen LogP contribution in [0, 0.1) is 5.82 Å². The highest BCUT2D eigenvalue weighted by molar-refractivity contribution is 5.93. The minimum Gasteiger partial charge on any atom is -0.350 e. The number of nitrogens with zero attached hydrogens (tertiary/aromatic N) is 5. The number of fused-ring (bicyclic) bond motifs is 2. The first-order valence-corrected chi connectivity index (χ1v) is 9.58. The van der Waals surface area contributed by atoms with Gasteiger partial charge in [-0.25, -0.2) is 4.39 Å². The quantitative estimate of drug-likeness (QED) is 0.564. The lowest BCUT2D eigenvalue weighted by Gasteiger charge is -2.14. The van der Waals surface area contributed by atoms with E-state index in [1.807, 2.05) is 38.6 Å². The van der Waals surface area contributed by atoms with Crippen LogP contribution in [0.2, 0.25) is 0 Å². The second-order valence-corrected chi connectivity index (χ2v) is 7.74. The lowest BCUT2D eigenvalue weighted by Crippen LogP contribution is -2.35. The highest BCUT2D eigenvalue weighted by atomic mass is 19.1. The monoisotopic (exact) mass is 394 g/mol. The number of aromatic nitrogens is 5. The molecular weight excluding hydrogens is 371 g/mol. The van der Waals surface area contributed by atoms with E-state index in [1.54, 1.807) is 12.1 Å². The number of aryl methyl sites for hydroxylation is 1. The maximum absolute atomic E-state index is 13.7. The van der Waals surface area contributed by atoms with Crippen molar-refractivity contribution in [3.8, 4) is 0 Å². The van der Waals surface area contributed by atoms with Crippen LogP contribution in [0.15, 0.2) is 36.8 Å². The molecule has 0 fully saturated rings. The van der Waals surface area contributed by atoms with Crippen molar-refractivity contribution in [2.75, 3.05) is 0 Å². The first-order valence-electron chi connectivity index (χ1n) is 9.58. The molecule has 1 unspecified atom stereocenters. The predicted octanol–water partition coefficient (Wildman–Crippen LogP) is 3.24. The molecule has 0 aliphatic rings. The molecule has 1 aromatic carbocycles. The van der Waals surface area contributed by atoms with E-state index >= 15 is 0 Å². The molecule has 3 heterocycles. The largest absolute Gasteiger partial charge is 0.350 e. The van der Waals surface area contributed by atoms with Gasteiger partial charge in [-0.1, -0.05) is 13.8 Å². The van der Waals surface area contributed by atoms with Gasteiger partial charge in [-0.15, -0.1) is 10.2 Å². The van der Waals surface area contributed by atoms with Gasteiger partial charge in [-0.05, 0) is 49.1 Å². The maximum atomic E-state index is 13.7. The zero-order valence-electron chi connectivity index (χ0n) is 16.8. The zero-order chi connectivity index (χ0) is 20.7. The van der Waals surface area contributed by atoms with Crippen LogP contribution in [0.1, 0.15) is 48.3 Å². The lowest BCUT2D eigenvalue weighted by molar-refractivity contribution is 0.0933. The Hall–Kier alpha value is -3.29. The Balaban J connectivity index is 1.56. The highest BCUT2D eigenvalue weighted by Gasteiger charge is 2.18. The summed E-state index contributed by atoms with van der Waals surface area (Å²) in [6.07, 6.45) is 4.05. The summed E-state index contributed by atoms with van der Waals surface area (Å²) in [4.78, 5) is 12.8. The molecule has 8 heteroatoms. The normalized spacial score (nSPS) is 12.8. The van der Waals surface area contributed by atoms with Crippen molar-refractivity contribution < 1.29 is 9.18 Å². The number of carbonyl (C=O) groups excluding carboxylic acids is 1. The fourth-order valence-corrected chi connectivity index (χ4v) is 3.67. The number of rotatable bonds is 5. The van der Waals surface area contributed by atoms with E-state index in [-0.39, 0.29) is 23.7 Å². The minimum atomic E-state index is -0.269. The second-order valence-electron chi connectivity index (χ2n) is 7.74. The van der Waals surface area contributed by atoms with E-state index in [4.69, 9.17) is 0 Å². The molecule has 3 aromatic heterocycles. The molecule has 0 saturated carbocycles. The SMILES string of the molecule is CC(Cc1cn(C)c2ccc(F)cc12)NC(=O)c1cc(C(C)C)c2nncn2n1. The van der Waals surface area contributed by atoms with Crippen LogP contribution >= 0.6 is 0 Å². The van der Waals surface area contributed by atoms with Crippen LogP contribution in [-0.4, -0.2) is 36.3 Å². The summed E-state index contributed by atoms with van der Waals surface area (Å²) in [5.74, 6) is -0.352. The Morgan fingerprint density at radius 3 is 2.79 bits per heavy atom. The Morgan fingerprint density at radius 2 is 2.03 bits per heavy atom. The number of halogens is 1. The molecule has 4 rings (SSSR count). The van der Waals surface area contributed by atoms with E-state index in [0.29, 0.717) is 17.8 Å². The van der Waals surface area contributed by atoms with E-state index in [0.717, 1.165) is 22.0 Å². The van der Waals surface area contributed by atoms with Crippen molar-refractivity contribution in [3.63, 3.8) is 0 Å². The first kappa shape index (κ1) is 19.0. The van der Waals surface area contributed by atoms with Crippen molar-refractivity contribution in [1.82, 2.24) is 29.7 Å². The Kier molecular flexibility index (Phi) is 4.77. The summed E-state index contributed by atoms with van der Waals surface area (Å²) in [6.45, 7) is 6.00. The topological polar surface area (TPSA) is 77.1 Å². The number of amides is 1. The number of hydrogen-bond acceptors (Lipinski definition) is 4. The fraction of sp³-hybridized carbons (Fsp3) is 0.333. The zero-order valence-corrected chi connectivity index (χ0v) is 16.8. The second kappa shape index (κ2) is 7.27. The van der Waals surface area contributed by atoms with E-state index in [2.05, 4.69) is 20.6 Å². The Bertz CT molecular complexity index is 1210. The van der Waals surface area contributed by atoms with Crippen LogP contribution in [0.4, 0.5) is 4.39 Å². The number of carbonyl (C=O) groups is 1. The molecule has 7 nitrogen and oxygen atoms in total. The summed E-state index contributed by atoms with van der Waals surface area (Å²) in [5, 5.41) is 16.2. The van der Waals surface area contributed by atoms with Crippen molar-refractivity contribution in [2.24, 2.45) is 7.05 Å². The average molecular weight is 394 g/mol. The van der Waals surface area contributed by atoms with E-state index in [1.165, 1.54) is 23.0 Å². The van der Waals surface area contributed by atoms with Crippen LogP contribution < -0.4 is 5.32 Å². The van der Waals surface area contributed by atoms with Gasteiger partial charge in [0.15, 0.2) is 5.65 Å². The van der Waals surface area contributed by atoms with E-state index < -0.39 is 0 Å². The molecule has 0 radical (unpaired) electrons. The lowest BCUT2D eigenvalue weighted by atomic mass is 10.0. The van der Waals surface area contributed by atoms with Crippen molar-refractivity contribution in [1.29, 1.82) is 0 Å². The third kappa shape index (κ3) is 3.57. The van der Waals surface area contributed by atoms with Gasteiger partial charge in [-0.3, -0.25) is 4.79 Å². The van der Waals surface area contributed by atoms with Crippen LogP contribution in [0.5, 0.6) is 0 Å². The van der Waals surface area contributed by atoms with Crippen LogP contribution in [0.3, 0.4) is 0 Å². The summed E-state index contributed by atoms with van der Waals surface area (Å²) < 4.78 is 17.2. The molecular formula is C21H23FN6O. The third-order valence-electron chi connectivity index (χ3n) is 5.09. The molecule has 0 aliphatic heterocycles. The van der Waals surface area contributed by atoms with Gasteiger partial charge in [0.25, 0.3) is 5.91 Å². The molecule has 0 aliphatic carbocycles. The fourth-order valence-electron chi connectivity index (χ4n) is 3.67. The molecule has 1 atom stereocenters. The smallest absolute Gasteiger partial charge is 0.271 e. The predicted molar refractivity (Wildman–Crippen MR) is 108 cm³/mol. The first-order chi connectivity index (χ1) is 13.8. The summed E-state index contributed by atoms with van der Waals surface area (Å²) >= 11 is 0. The molecule has 0 spiro atoms. The molecule has 1 amide bonds. The standard InChI is InChI=1S/C21H23FN6O/c1-12(2)16-9-18(26-28-11-23-25-20(16)28)21(29)24-13(3)7-14-10-27(4)19-6-5-15(22)8-17(14)19/h5-6,8-13H,7H2,1-4H3,(H,24,29). The van der Waals surface area contributed by atoms with E-state index in [9.17, 15) is 9.18 Å².